The number of carbonyl (C=O) groups excluding carboxylic acids is 2. The molecule has 0 unspecified atom stereocenters. The summed E-state index contributed by atoms with van der Waals surface area (Å²) >= 11 is 15.6. The SMILES string of the molecule is CC(C)(C)NC(=O)c1cc(Br)cc(Cl)c1NC(=O)c1cc(C(F)(F)F)nn1-c1ncccc1Cl. The topological polar surface area (TPSA) is 88.9 Å². The molecule has 0 aliphatic heterocycles. The van der Waals surface area contributed by atoms with Crippen LogP contribution in [0.5, 0.6) is 0 Å². The molecule has 1 aromatic carbocycles. The van der Waals surface area contributed by atoms with Gasteiger partial charge in [-0.25, -0.2) is 9.67 Å². The molecule has 13 heteroatoms. The second-order valence-corrected chi connectivity index (χ2v) is 9.83. The first-order valence-corrected chi connectivity index (χ1v) is 11.1. The quantitative estimate of drug-likeness (QED) is 0.389. The first-order valence-electron chi connectivity index (χ1n) is 9.58. The number of aromatic nitrogens is 3. The van der Waals surface area contributed by atoms with Gasteiger partial charge in [-0.3, -0.25) is 9.59 Å². The van der Waals surface area contributed by atoms with Crippen LogP contribution in [0.25, 0.3) is 5.82 Å². The van der Waals surface area contributed by atoms with Crippen molar-refractivity contribution in [3.8, 4) is 5.82 Å². The third-order valence-corrected chi connectivity index (χ3v) is 5.25. The highest BCUT2D eigenvalue weighted by molar-refractivity contribution is 9.10. The highest BCUT2D eigenvalue weighted by Crippen LogP contribution is 2.33. The summed E-state index contributed by atoms with van der Waals surface area (Å²) in [6.45, 7) is 5.28. The van der Waals surface area contributed by atoms with Crippen LogP contribution in [0.15, 0.2) is 41.0 Å². The van der Waals surface area contributed by atoms with Gasteiger partial charge in [-0.1, -0.05) is 39.1 Å². The van der Waals surface area contributed by atoms with E-state index >= 15 is 0 Å². The fourth-order valence-corrected chi connectivity index (χ4v) is 3.90. The summed E-state index contributed by atoms with van der Waals surface area (Å²) in [5.74, 6) is -1.75. The van der Waals surface area contributed by atoms with Gasteiger partial charge in [-0.15, -0.1) is 0 Å². The van der Waals surface area contributed by atoms with Gasteiger partial charge >= 0.3 is 6.18 Å². The number of carbonyl (C=O) groups is 2. The highest BCUT2D eigenvalue weighted by atomic mass is 79.9. The molecule has 2 amide bonds. The van der Waals surface area contributed by atoms with E-state index in [0.29, 0.717) is 15.2 Å². The van der Waals surface area contributed by atoms with E-state index in [1.165, 1.54) is 30.5 Å². The Morgan fingerprint density at radius 1 is 1.06 bits per heavy atom. The van der Waals surface area contributed by atoms with Crippen LogP contribution in [0, 0.1) is 0 Å². The fraction of sp³-hybridized carbons (Fsp3) is 0.238. The summed E-state index contributed by atoms with van der Waals surface area (Å²) in [5, 5.41) is 8.62. The minimum Gasteiger partial charge on any atom is -0.347 e. The van der Waals surface area contributed by atoms with E-state index in [2.05, 4.69) is 36.6 Å². The molecule has 2 aromatic heterocycles. The number of benzene rings is 1. The standard InChI is InChI=1S/C21H17BrCl2F3N5O2/c1-20(2,3)30-18(33)11-7-10(22)8-13(24)16(11)29-19(34)14-9-15(21(25,26)27)31-32(14)17-12(23)5-4-6-28-17/h4-9H,1-3H3,(H,29,34)(H,30,33). The molecule has 3 aromatic rings. The Labute approximate surface area is 210 Å². The zero-order valence-corrected chi connectivity index (χ0v) is 21.0. The van der Waals surface area contributed by atoms with Gasteiger partial charge in [0.1, 0.15) is 5.69 Å². The van der Waals surface area contributed by atoms with Crippen molar-refractivity contribution in [2.45, 2.75) is 32.5 Å². The van der Waals surface area contributed by atoms with Crippen LogP contribution >= 0.6 is 39.1 Å². The van der Waals surface area contributed by atoms with Gasteiger partial charge in [-0.2, -0.15) is 18.3 Å². The summed E-state index contributed by atoms with van der Waals surface area (Å²) in [6, 6.07) is 6.28. The van der Waals surface area contributed by atoms with Crippen LogP contribution in [0.3, 0.4) is 0 Å². The molecule has 0 bridgehead atoms. The van der Waals surface area contributed by atoms with Gasteiger partial charge in [0, 0.05) is 22.3 Å². The molecule has 7 nitrogen and oxygen atoms in total. The number of hydrogen-bond donors (Lipinski definition) is 2. The smallest absolute Gasteiger partial charge is 0.347 e. The van der Waals surface area contributed by atoms with Crippen molar-refractivity contribution >= 4 is 56.6 Å². The summed E-state index contributed by atoms with van der Waals surface area (Å²) in [7, 11) is 0. The maximum Gasteiger partial charge on any atom is 0.435 e. The molecule has 0 spiro atoms. The minimum absolute atomic E-state index is 0.000582. The van der Waals surface area contributed by atoms with E-state index in [0.717, 1.165) is 0 Å². The lowest BCUT2D eigenvalue weighted by atomic mass is 10.1. The molecule has 2 heterocycles. The number of alkyl halides is 3. The van der Waals surface area contributed by atoms with Crippen molar-refractivity contribution < 1.29 is 22.8 Å². The first-order chi connectivity index (χ1) is 15.7. The van der Waals surface area contributed by atoms with Crippen molar-refractivity contribution in [2.24, 2.45) is 0 Å². The number of halogens is 6. The Hall–Kier alpha value is -2.63. The Morgan fingerprint density at radius 3 is 2.32 bits per heavy atom. The summed E-state index contributed by atoms with van der Waals surface area (Å²) in [4.78, 5) is 29.9. The summed E-state index contributed by atoms with van der Waals surface area (Å²) in [5.41, 5.74) is -2.55. The maximum absolute atomic E-state index is 13.4. The molecule has 0 fully saturated rings. The second-order valence-electron chi connectivity index (χ2n) is 8.10. The number of nitrogens with zero attached hydrogens (tertiary/aromatic N) is 3. The van der Waals surface area contributed by atoms with Crippen LogP contribution in [-0.2, 0) is 6.18 Å². The average molecular weight is 579 g/mol. The zero-order valence-electron chi connectivity index (χ0n) is 17.9. The molecule has 34 heavy (non-hydrogen) atoms. The van der Waals surface area contributed by atoms with Gasteiger partial charge in [0.05, 0.1) is 21.3 Å². The number of amides is 2. The number of pyridine rings is 1. The van der Waals surface area contributed by atoms with Crippen LogP contribution in [0.1, 0.15) is 47.3 Å². The van der Waals surface area contributed by atoms with Crippen molar-refractivity contribution in [1.29, 1.82) is 0 Å². The molecular weight excluding hydrogens is 562 g/mol. The van der Waals surface area contributed by atoms with Gasteiger partial charge < -0.3 is 10.6 Å². The van der Waals surface area contributed by atoms with Crippen molar-refractivity contribution in [2.75, 3.05) is 5.32 Å². The van der Waals surface area contributed by atoms with Gasteiger partial charge in [0.25, 0.3) is 11.8 Å². The number of rotatable bonds is 4. The van der Waals surface area contributed by atoms with Crippen molar-refractivity contribution in [3.63, 3.8) is 0 Å². The molecular formula is C21H17BrCl2F3N5O2. The fourth-order valence-electron chi connectivity index (χ4n) is 2.84. The predicted octanol–water partition coefficient (Wildman–Crippen LogP) is 6.14. The number of anilines is 1. The number of nitrogens with one attached hydrogen (secondary N) is 2. The van der Waals surface area contributed by atoms with Crippen LogP contribution in [0.4, 0.5) is 18.9 Å². The molecule has 180 valence electrons. The lowest BCUT2D eigenvalue weighted by Crippen LogP contribution is -2.41. The lowest BCUT2D eigenvalue weighted by molar-refractivity contribution is -0.141. The van der Waals surface area contributed by atoms with Crippen LogP contribution < -0.4 is 10.6 Å². The van der Waals surface area contributed by atoms with E-state index in [1.807, 2.05) is 0 Å². The number of hydrogen-bond acceptors (Lipinski definition) is 4. The predicted molar refractivity (Wildman–Crippen MR) is 126 cm³/mol. The van der Waals surface area contributed by atoms with E-state index in [9.17, 15) is 22.8 Å². The lowest BCUT2D eigenvalue weighted by Gasteiger charge is -2.22. The molecule has 0 aliphatic rings. The minimum atomic E-state index is -4.84. The highest BCUT2D eigenvalue weighted by Gasteiger charge is 2.37. The van der Waals surface area contributed by atoms with Crippen LogP contribution in [-0.4, -0.2) is 32.1 Å². The zero-order chi connectivity index (χ0) is 25.4. The summed E-state index contributed by atoms with van der Waals surface area (Å²) < 4.78 is 41.3. The summed E-state index contributed by atoms with van der Waals surface area (Å²) in [6.07, 6.45) is -3.55. The van der Waals surface area contributed by atoms with Gasteiger partial charge in [0.2, 0.25) is 0 Å². The monoisotopic (exact) mass is 577 g/mol. The molecule has 0 saturated heterocycles. The molecule has 0 atom stereocenters. The molecule has 0 radical (unpaired) electrons. The first kappa shape index (κ1) is 26.0. The third-order valence-electron chi connectivity index (χ3n) is 4.20. The van der Waals surface area contributed by atoms with E-state index in [1.54, 1.807) is 20.8 Å². The Morgan fingerprint density at radius 2 is 1.74 bits per heavy atom. The van der Waals surface area contributed by atoms with Crippen molar-refractivity contribution in [3.05, 3.63) is 68.0 Å². The Kier molecular flexibility index (Phi) is 7.30. The maximum atomic E-state index is 13.4. The van der Waals surface area contributed by atoms with E-state index in [-0.39, 0.29) is 27.1 Å². The normalized spacial score (nSPS) is 11.9. The average Bonchev–Trinajstić information content (AvgIpc) is 3.14. The molecule has 0 aliphatic carbocycles. The molecule has 0 saturated carbocycles. The Balaban J connectivity index is 2.10. The molecule has 3 rings (SSSR count). The largest absolute Gasteiger partial charge is 0.435 e. The van der Waals surface area contributed by atoms with Gasteiger partial charge in [-0.05, 0) is 45.0 Å². The van der Waals surface area contributed by atoms with Crippen molar-refractivity contribution in [1.82, 2.24) is 20.1 Å². The van der Waals surface area contributed by atoms with E-state index in [4.69, 9.17) is 23.2 Å². The van der Waals surface area contributed by atoms with E-state index < -0.39 is 34.9 Å². The van der Waals surface area contributed by atoms with Gasteiger partial charge in [0.15, 0.2) is 11.5 Å². The van der Waals surface area contributed by atoms with Crippen LogP contribution in [0.2, 0.25) is 10.0 Å². The Bertz CT molecular complexity index is 1270. The second kappa shape index (κ2) is 9.55. The third kappa shape index (κ3) is 5.89. The molecule has 2 N–H and O–H groups in total.